The number of benzene rings is 1. The molecule has 1 atom stereocenters. The topological polar surface area (TPSA) is 26.3 Å². The monoisotopic (exact) mass is 212 g/mol. The zero-order valence-electron chi connectivity index (χ0n) is 8.50. The number of hydrogen-bond acceptors (Lipinski definition) is 2. The molecule has 0 spiro atoms. The summed E-state index contributed by atoms with van der Waals surface area (Å²) in [4.78, 5) is 11.0. The lowest BCUT2D eigenvalue weighted by Crippen LogP contribution is -2.20. The summed E-state index contributed by atoms with van der Waals surface area (Å²) in [5.41, 5.74) is 1.06. The molecule has 14 heavy (non-hydrogen) atoms. The van der Waals surface area contributed by atoms with Gasteiger partial charge in [-0.1, -0.05) is 17.7 Å². The standard InChI is InChI=1S/C11H13ClO2/c1-7-4-5-10(12)11(6-7)14-9(3)8(2)13/h4-6,9H,1-3H3. The Balaban J connectivity index is 2.85. The van der Waals surface area contributed by atoms with E-state index in [0.29, 0.717) is 10.8 Å². The number of rotatable bonds is 3. The van der Waals surface area contributed by atoms with Crippen LogP contribution >= 0.6 is 11.6 Å². The molecule has 76 valence electrons. The van der Waals surface area contributed by atoms with Crippen molar-refractivity contribution in [1.82, 2.24) is 0 Å². The highest BCUT2D eigenvalue weighted by atomic mass is 35.5. The van der Waals surface area contributed by atoms with Crippen molar-refractivity contribution in [3.63, 3.8) is 0 Å². The van der Waals surface area contributed by atoms with E-state index < -0.39 is 6.10 Å². The molecule has 3 heteroatoms. The summed E-state index contributed by atoms with van der Waals surface area (Å²) < 4.78 is 5.41. The summed E-state index contributed by atoms with van der Waals surface area (Å²) in [6.45, 7) is 5.15. The molecule has 0 amide bonds. The molecular weight excluding hydrogens is 200 g/mol. The summed E-state index contributed by atoms with van der Waals surface area (Å²) in [5.74, 6) is 0.553. The lowest BCUT2D eigenvalue weighted by Gasteiger charge is -2.13. The van der Waals surface area contributed by atoms with Gasteiger partial charge in [-0.05, 0) is 38.5 Å². The molecule has 0 heterocycles. The van der Waals surface area contributed by atoms with Crippen LogP contribution in [-0.2, 0) is 4.79 Å². The average molecular weight is 213 g/mol. The third-order valence-electron chi connectivity index (χ3n) is 1.96. The molecule has 0 fully saturated rings. The van der Waals surface area contributed by atoms with Gasteiger partial charge in [0.05, 0.1) is 5.02 Å². The molecule has 1 aromatic carbocycles. The maximum Gasteiger partial charge on any atom is 0.169 e. The third kappa shape index (κ3) is 2.74. The van der Waals surface area contributed by atoms with E-state index in [9.17, 15) is 4.79 Å². The molecular formula is C11H13ClO2. The number of hydrogen-bond donors (Lipinski definition) is 0. The van der Waals surface area contributed by atoms with Gasteiger partial charge < -0.3 is 4.74 Å². The van der Waals surface area contributed by atoms with E-state index >= 15 is 0 Å². The fourth-order valence-electron chi connectivity index (χ4n) is 0.974. The molecule has 0 aliphatic carbocycles. The van der Waals surface area contributed by atoms with Crippen LogP contribution in [0.2, 0.25) is 5.02 Å². The Bertz CT molecular complexity index is 347. The zero-order valence-corrected chi connectivity index (χ0v) is 9.26. The molecule has 1 aromatic rings. The van der Waals surface area contributed by atoms with Crippen molar-refractivity contribution >= 4 is 17.4 Å². The van der Waals surface area contributed by atoms with Crippen LogP contribution in [0.5, 0.6) is 5.75 Å². The van der Waals surface area contributed by atoms with Crippen LogP contribution in [0.4, 0.5) is 0 Å². The Hall–Kier alpha value is -1.02. The predicted octanol–water partition coefficient (Wildman–Crippen LogP) is 3.00. The fourth-order valence-corrected chi connectivity index (χ4v) is 1.14. The molecule has 0 N–H and O–H groups in total. The first kappa shape index (κ1) is 11.1. The number of halogens is 1. The minimum atomic E-state index is -0.450. The Morgan fingerprint density at radius 2 is 2.14 bits per heavy atom. The molecule has 1 unspecified atom stereocenters. The van der Waals surface area contributed by atoms with Crippen LogP contribution in [0.15, 0.2) is 18.2 Å². The Morgan fingerprint density at radius 1 is 1.50 bits per heavy atom. The van der Waals surface area contributed by atoms with Crippen molar-refractivity contribution in [1.29, 1.82) is 0 Å². The first-order valence-electron chi connectivity index (χ1n) is 4.44. The van der Waals surface area contributed by atoms with Crippen LogP contribution < -0.4 is 4.74 Å². The zero-order chi connectivity index (χ0) is 10.7. The van der Waals surface area contributed by atoms with Gasteiger partial charge in [0.25, 0.3) is 0 Å². The molecule has 0 aromatic heterocycles. The molecule has 0 saturated carbocycles. The van der Waals surface area contributed by atoms with Gasteiger partial charge in [-0.2, -0.15) is 0 Å². The van der Waals surface area contributed by atoms with Gasteiger partial charge in [-0.3, -0.25) is 4.79 Å². The van der Waals surface area contributed by atoms with Crippen molar-refractivity contribution in [2.24, 2.45) is 0 Å². The van der Waals surface area contributed by atoms with Crippen LogP contribution in [-0.4, -0.2) is 11.9 Å². The van der Waals surface area contributed by atoms with Gasteiger partial charge in [-0.25, -0.2) is 0 Å². The number of carbonyl (C=O) groups is 1. The van der Waals surface area contributed by atoms with Crippen molar-refractivity contribution < 1.29 is 9.53 Å². The summed E-state index contributed by atoms with van der Waals surface area (Å²) in [7, 11) is 0. The maximum absolute atomic E-state index is 11.0. The second-order valence-electron chi connectivity index (χ2n) is 3.30. The van der Waals surface area contributed by atoms with Crippen LogP contribution in [0.25, 0.3) is 0 Å². The van der Waals surface area contributed by atoms with Crippen molar-refractivity contribution in [3.05, 3.63) is 28.8 Å². The summed E-state index contributed by atoms with van der Waals surface area (Å²) in [6, 6.07) is 5.48. The van der Waals surface area contributed by atoms with Crippen LogP contribution in [0.3, 0.4) is 0 Å². The average Bonchev–Trinajstić information content (AvgIpc) is 2.11. The Kier molecular flexibility index (Phi) is 3.53. The molecule has 0 saturated heterocycles. The second-order valence-corrected chi connectivity index (χ2v) is 3.71. The van der Waals surface area contributed by atoms with Gasteiger partial charge in [0.15, 0.2) is 11.9 Å². The van der Waals surface area contributed by atoms with E-state index in [4.69, 9.17) is 16.3 Å². The molecule has 0 radical (unpaired) electrons. The minimum absolute atomic E-state index is 0.0115. The number of ether oxygens (including phenoxy) is 1. The van der Waals surface area contributed by atoms with E-state index in [-0.39, 0.29) is 5.78 Å². The highest BCUT2D eigenvalue weighted by Gasteiger charge is 2.11. The largest absolute Gasteiger partial charge is 0.481 e. The summed E-state index contributed by atoms with van der Waals surface area (Å²) in [6.07, 6.45) is -0.450. The SMILES string of the molecule is CC(=O)C(C)Oc1cc(C)ccc1Cl. The van der Waals surface area contributed by atoms with E-state index in [1.807, 2.05) is 19.1 Å². The van der Waals surface area contributed by atoms with E-state index in [1.165, 1.54) is 6.92 Å². The van der Waals surface area contributed by atoms with Gasteiger partial charge >= 0.3 is 0 Å². The molecule has 0 bridgehead atoms. The highest BCUT2D eigenvalue weighted by Crippen LogP contribution is 2.26. The van der Waals surface area contributed by atoms with Gasteiger partial charge in [0.2, 0.25) is 0 Å². The highest BCUT2D eigenvalue weighted by molar-refractivity contribution is 6.32. The van der Waals surface area contributed by atoms with E-state index in [0.717, 1.165) is 5.56 Å². The molecule has 1 rings (SSSR count). The van der Waals surface area contributed by atoms with Crippen molar-refractivity contribution in [2.45, 2.75) is 26.9 Å². The van der Waals surface area contributed by atoms with Crippen LogP contribution in [0, 0.1) is 6.92 Å². The van der Waals surface area contributed by atoms with Crippen LogP contribution in [0.1, 0.15) is 19.4 Å². The lowest BCUT2D eigenvalue weighted by molar-refractivity contribution is -0.122. The third-order valence-corrected chi connectivity index (χ3v) is 2.28. The molecule has 0 aliphatic heterocycles. The Morgan fingerprint density at radius 3 is 2.71 bits per heavy atom. The summed E-state index contributed by atoms with van der Waals surface area (Å²) >= 11 is 5.91. The number of Topliss-reactive ketones (excluding diaryl/α,β-unsaturated/α-hetero) is 1. The fraction of sp³-hybridized carbons (Fsp3) is 0.364. The van der Waals surface area contributed by atoms with Gasteiger partial charge in [0, 0.05) is 0 Å². The van der Waals surface area contributed by atoms with E-state index in [1.54, 1.807) is 13.0 Å². The summed E-state index contributed by atoms with van der Waals surface area (Å²) in [5, 5.41) is 0.531. The maximum atomic E-state index is 11.0. The molecule has 2 nitrogen and oxygen atoms in total. The number of ketones is 1. The van der Waals surface area contributed by atoms with Gasteiger partial charge in [-0.15, -0.1) is 0 Å². The van der Waals surface area contributed by atoms with Gasteiger partial charge in [0.1, 0.15) is 5.75 Å². The number of aryl methyl sites for hydroxylation is 1. The molecule has 0 aliphatic rings. The first-order valence-corrected chi connectivity index (χ1v) is 4.81. The normalized spacial score (nSPS) is 12.3. The lowest BCUT2D eigenvalue weighted by atomic mass is 10.2. The smallest absolute Gasteiger partial charge is 0.169 e. The predicted molar refractivity (Wildman–Crippen MR) is 57.0 cm³/mol. The minimum Gasteiger partial charge on any atom is -0.481 e. The van der Waals surface area contributed by atoms with Crippen molar-refractivity contribution in [3.8, 4) is 5.75 Å². The first-order chi connectivity index (χ1) is 6.50. The second kappa shape index (κ2) is 4.47. The van der Waals surface area contributed by atoms with Crippen molar-refractivity contribution in [2.75, 3.05) is 0 Å². The quantitative estimate of drug-likeness (QED) is 0.770. The van der Waals surface area contributed by atoms with E-state index in [2.05, 4.69) is 0 Å². The number of carbonyl (C=O) groups excluding carboxylic acids is 1. The Labute approximate surface area is 88.8 Å².